The van der Waals surface area contributed by atoms with Crippen molar-refractivity contribution in [1.82, 2.24) is 4.90 Å². The summed E-state index contributed by atoms with van der Waals surface area (Å²) >= 11 is 4.52. The Bertz CT molecular complexity index is 1230. The summed E-state index contributed by atoms with van der Waals surface area (Å²) in [5, 5.41) is -0.277. The molecule has 1 fully saturated rings. The molecule has 0 saturated carbocycles. The van der Waals surface area contributed by atoms with E-state index in [0.29, 0.717) is 29.6 Å². The van der Waals surface area contributed by atoms with E-state index >= 15 is 0 Å². The molecule has 4 rings (SSSR count). The fourth-order valence-electron chi connectivity index (χ4n) is 3.43. The number of carbonyl (C=O) groups excluding carboxylic acids is 2. The number of nitrogens with zero attached hydrogens (tertiary/aromatic N) is 1. The van der Waals surface area contributed by atoms with Crippen LogP contribution in [-0.4, -0.2) is 22.7 Å². The zero-order valence-electron chi connectivity index (χ0n) is 18.9. The van der Waals surface area contributed by atoms with Crippen LogP contribution >= 0.6 is 27.7 Å². The van der Waals surface area contributed by atoms with Crippen molar-refractivity contribution in [3.05, 3.63) is 98.4 Å². The first kappa shape index (κ1) is 24.1. The maximum absolute atomic E-state index is 13.0. The Kier molecular flexibility index (Phi) is 7.75. The van der Waals surface area contributed by atoms with Crippen molar-refractivity contribution in [2.45, 2.75) is 27.0 Å². The lowest BCUT2D eigenvalue weighted by molar-refractivity contribution is -0.123. The van der Waals surface area contributed by atoms with Gasteiger partial charge in [0, 0.05) is 4.47 Å². The molecule has 34 heavy (non-hydrogen) atoms. The Hall–Kier alpha value is -3.03. The summed E-state index contributed by atoms with van der Waals surface area (Å²) in [6.07, 6.45) is 1.72. The van der Waals surface area contributed by atoms with Gasteiger partial charge in [-0.1, -0.05) is 76.1 Å². The number of carbonyl (C=O) groups is 2. The molecule has 1 heterocycles. The van der Waals surface area contributed by atoms with Crippen LogP contribution in [0, 0.1) is 6.92 Å². The summed E-state index contributed by atoms with van der Waals surface area (Å²) in [4.78, 5) is 27.2. The summed E-state index contributed by atoms with van der Waals surface area (Å²) in [5.41, 5.74) is 3.82. The third-order valence-electron chi connectivity index (χ3n) is 5.22. The van der Waals surface area contributed by atoms with Crippen molar-refractivity contribution in [2.24, 2.45) is 0 Å². The highest BCUT2D eigenvalue weighted by atomic mass is 79.9. The largest absolute Gasteiger partial charge is 0.490 e. The van der Waals surface area contributed by atoms with Crippen molar-refractivity contribution < 1.29 is 19.1 Å². The molecular formula is C27H24BrNO4S. The quantitative estimate of drug-likeness (QED) is 0.290. The normalized spacial score (nSPS) is 14.7. The highest BCUT2D eigenvalue weighted by Gasteiger charge is 2.35. The standard InChI is InChI=1S/C27H24BrNO4S/c1-3-32-23-13-21(22(28)15-24(23)33-17-20-7-5-4-6-8-20)14-25-26(30)29(27(31)34-25)16-19-11-9-18(2)10-12-19/h4-15H,3,16-17H2,1-2H3/b25-14-. The van der Waals surface area contributed by atoms with Gasteiger partial charge >= 0.3 is 0 Å². The molecule has 174 valence electrons. The van der Waals surface area contributed by atoms with Gasteiger partial charge in [-0.3, -0.25) is 14.5 Å². The summed E-state index contributed by atoms with van der Waals surface area (Å²) < 4.78 is 12.5. The minimum Gasteiger partial charge on any atom is -0.490 e. The summed E-state index contributed by atoms with van der Waals surface area (Å²) in [5.74, 6) is 0.874. The second-order valence-corrected chi connectivity index (χ2v) is 9.63. The van der Waals surface area contributed by atoms with Crippen molar-refractivity contribution in [3.8, 4) is 11.5 Å². The molecule has 2 amide bonds. The van der Waals surface area contributed by atoms with E-state index in [1.165, 1.54) is 4.90 Å². The second-order valence-electron chi connectivity index (χ2n) is 7.78. The smallest absolute Gasteiger partial charge is 0.293 e. The number of hydrogen-bond donors (Lipinski definition) is 0. The number of ether oxygens (including phenoxy) is 2. The van der Waals surface area contributed by atoms with Crippen molar-refractivity contribution in [1.29, 1.82) is 0 Å². The average molecular weight is 538 g/mol. The topological polar surface area (TPSA) is 55.8 Å². The van der Waals surface area contributed by atoms with Gasteiger partial charge in [0.1, 0.15) is 6.61 Å². The third kappa shape index (κ3) is 5.72. The van der Waals surface area contributed by atoms with E-state index in [1.807, 2.05) is 80.6 Å². The predicted octanol–water partition coefficient (Wildman–Crippen LogP) is 6.97. The highest BCUT2D eigenvalue weighted by Crippen LogP contribution is 2.38. The molecule has 0 aliphatic carbocycles. The van der Waals surface area contributed by atoms with Crippen LogP contribution in [0.25, 0.3) is 6.08 Å². The fraction of sp³-hybridized carbons (Fsp3) is 0.185. The lowest BCUT2D eigenvalue weighted by Crippen LogP contribution is -2.27. The van der Waals surface area contributed by atoms with Gasteiger partial charge < -0.3 is 9.47 Å². The van der Waals surface area contributed by atoms with Gasteiger partial charge in [-0.2, -0.15) is 0 Å². The summed E-state index contributed by atoms with van der Waals surface area (Å²) in [6, 6.07) is 21.3. The van der Waals surface area contributed by atoms with Crippen LogP contribution < -0.4 is 9.47 Å². The Morgan fingerprint density at radius 2 is 1.65 bits per heavy atom. The average Bonchev–Trinajstić information content (AvgIpc) is 3.09. The van der Waals surface area contributed by atoms with Crippen LogP contribution in [0.2, 0.25) is 0 Å². The number of hydrogen-bond acceptors (Lipinski definition) is 5. The van der Waals surface area contributed by atoms with E-state index in [9.17, 15) is 9.59 Å². The van der Waals surface area contributed by atoms with Gasteiger partial charge in [0.05, 0.1) is 18.1 Å². The van der Waals surface area contributed by atoms with Crippen LogP contribution in [0.4, 0.5) is 4.79 Å². The van der Waals surface area contributed by atoms with E-state index in [1.54, 1.807) is 6.08 Å². The minimum absolute atomic E-state index is 0.250. The third-order valence-corrected chi connectivity index (χ3v) is 6.82. The monoisotopic (exact) mass is 537 g/mol. The number of rotatable bonds is 8. The fourth-order valence-corrected chi connectivity index (χ4v) is 4.70. The van der Waals surface area contributed by atoms with Gasteiger partial charge in [0.25, 0.3) is 11.1 Å². The molecule has 0 aromatic heterocycles. The first-order chi connectivity index (χ1) is 16.4. The second kappa shape index (κ2) is 10.9. The molecular weight excluding hydrogens is 514 g/mol. The lowest BCUT2D eigenvalue weighted by Gasteiger charge is -2.14. The van der Waals surface area contributed by atoms with E-state index < -0.39 is 0 Å². The van der Waals surface area contributed by atoms with Gasteiger partial charge in [-0.25, -0.2) is 0 Å². The molecule has 0 radical (unpaired) electrons. The SMILES string of the molecule is CCOc1cc(/C=C2\SC(=O)N(Cc3ccc(C)cc3)C2=O)c(Br)cc1OCc1ccccc1. The number of amides is 2. The molecule has 0 unspecified atom stereocenters. The minimum atomic E-state index is -0.301. The molecule has 3 aromatic carbocycles. The summed E-state index contributed by atoms with van der Waals surface area (Å²) in [6.45, 7) is 5.03. The molecule has 0 N–H and O–H groups in total. The molecule has 0 spiro atoms. The van der Waals surface area contributed by atoms with Gasteiger partial charge in [-0.05, 0) is 60.5 Å². The van der Waals surface area contributed by atoms with E-state index in [-0.39, 0.29) is 17.7 Å². The number of aryl methyl sites for hydroxylation is 1. The number of thioether (sulfide) groups is 1. The van der Waals surface area contributed by atoms with Gasteiger partial charge in [0.15, 0.2) is 11.5 Å². The molecule has 1 saturated heterocycles. The van der Waals surface area contributed by atoms with Crippen molar-refractivity contribution in [2.75, 3.05) is 6.61 Å². The van der Waals surface area contributed by atoms with Crippen LogP contribution in [0.1, 0.15) is 29.2 Å². The molecule has 3 aromatic rings. The van der Waals surface area contributed by atoms with E-state index in [4.69, 9.17) is 9.47 Å². The maximum Gasteiger partial charge on any atom is 0.293 e. The van der Waals surface area contributed by atoms with Gasteiger partial charge in [-0.15, -0.1) is 0 Å². The summed E-state index contributed by atoms with van der Waals surface area (Å²) in [7, 11) is 0. The van der Waals surface area contributed by atoms with Crippen molar-refractivity contribution in [3.63, 3.8) is 0 Å². The molecule has 7 heteroatoms. The first-order valence-electron chi connectivity index (χ1n) is 10.9. The maximum atomic E-state index is 13.0. The van der Waals surface area contributed by atoms with E-state index in [2.05, 4.69) is 15.9 Å². The first-order valence-corrected chi connectivity index (χ1v) is 12.5. The van der Waals surface area contributed by atoms with Crippen LogP contribution in [0.5, 0.6) is 11.5 Å². The number of imide groups is 1. The molecule has 1 aliphatic rings. The van der Waals surface area contributed by atoms with Crippen LogP contribution in [0.15, 0.2) is 76.1 Å². The zero-order chi connectivity index (χ0) is 24.1. The molecule has 5 nitrogen and oxygen atoms in total. The molecule has 0 atom stereocenters. The van der Waals surface area contributed by atoms with E-state index in [0.717, 1.165) is 38.5 Å². The Labute approximate surface area is 211 Å². The predicted molar refractivity (Wildman–Crippen MR) is 139 cm³/mol. The lowest BCUT2D eigenvalue weighted by atomic mass is 10.1. The highest BCUT2D eigenvalue weighted by molar-refractivity contribution is 9.10. The molecule has 0 bridgehead atoms. The Balaban J connectivity index is 1.55. The van der Waals surface area contributed by atoms with Crippen molar-refractivity contribution >= 4 is 44.9 Å². The van der Waals surface area contributed by atoms with Gasteiger partial charge in [0.2, 0.25) is 0 Å². The van der Waals surface area contributed by atoms with Crippen LogP contribution in [0.3, 0.4) is 0 Å². The molecule has 1 aliphatic heterocycles. The number of benzene rings is 3. The Morgan fingerprint density at radius 1 is 0.941 bits per heavy atom. The van der Waals surface area contributed by atoms with Crippen LogP contribution in [-0.2, 0) is 17.9 Å². The zero-order valence-corrected chi connectivity index (χ0v) is 21.3. The Morgan fingerprint density at radius 3 is 2.35 bits per heavy atom. The number of halogens is 1.